The minimum Gasteiger partial charge on any atom is -0.506 e. The van der Waals surface area contributed by atoms with Crippen molar-refractivity contribution in [2.45, 2.75) is 50.6 Å². The van der Waals surface area contributed by atoms with Crippen molar-refractivity contribution < 1.29 is 19.8 Å². The van der Waals surface area contributed by atoms with E-state index in [1.54, 1.807) is 12.1 Å². The van der Waals surface area contributed by atoms with Crippen LogP contribution in [0.1, 0.15) is 48.9 Å². The van der Waals surface area contributed by atoms with Crippen molar-refractivity contribution >= 4 is 22.6 Å². The first-order chi connectivity index (χ1) is 14.0. The molecule has 1 saturated carbocycles. The van der Waals surface area contributed by atoms with Crippen molar-refractivity contribution in [3.63, 3.8) is 0 Å². The van der Waals surface area contributed by atoms with Crippen molar-refractivity contribution in [1.82, 2.24) is 10.2 Å². The fraction of sp³-hybridized carbons (Fsp3) is 0.478. The summed E-state index contributed by atoms with van der Waals surface area (Å²) < 4.78 is 0. The number of phenolic OH excluding ortho intramolecular Hbond substituents is 1. The number of nitrogens with zero attached hydrogens (tertiary/aromatic N) is 1. The maximum absolute atomic E-state index is 12.8. The van der Waals surface area contributed by atoms with E-state index in [-0.39, 0.29) is 23.3 Å². The lowest BCUT2D eigenvalue weighted by Gasteiger charge is -2.29. The summed E-state index contributed by atoms with van der Waals surface area (Å²) in [5, 5.41) is 24.6. The van der Waals surface area contributed by atoms with Crippen molar-refractivity contribution in [2.24, 2.45) is 5.92 Å². The Morgan fingerprint density at radius 2 is 1.83 bits per heavy atom. The third-order valence-corrected chi connectivity index (χ3v) is 6.39. The van der Waals surface area contributed by atoms with E-state index in [9.17, 15) is 19.8 Å². The van der Waals surface area contributed by atoms with E-state index < -0.39 is 12.0 Å². The van der Waals surface area contributed by atoms with Crippen LogP contribution in [0.25, 0.3) is 10.8 Å². The van der Waals surface area contributed by atoms with Crippen LogP contribution in [-0.4, -0.2) is 52.2 Å². The molecule has 2 aliphatic rings. The van der Waals surface area contributed by atoms with E-state index in [0.717, 1.165) is 24.8 Å². The zero-order chi connectivity index (χ0) is 20.4. The van der Waals surface area contributed by atoms with Crippen LogP contribution in [0.5, 0.6) is 5.75 Å². The van der Waals surface area contributed by atoms with Gasteiger partial charge in [0, 0.05) is 24.5 Å². The molecule has 2 fully saturated rings. The first-order valence-corrected chi connectivity index (χ1v) is 10.5. The lowest BCUT2D eigenvalue weighted by molar-refractivity contribution is -0.142. The fourth-order valence-electron chi connectivity index (χ4n) is 4.87. The summed E-state index contributed by atoms with van der Waals surface area (Å²) in [4.78, 5) is 26.6. The number of fused-ring (bicyclic) bond motifs is 1. The Kier molecular flexibility index (Phi) is 5.72. The van der Waals surface area contributed by atoms with E-state index in [1.165, 1.54) is 19.3 Å². The van der Waals surface area contributed by atoms with Gasteiger partial charge < -0.3 is 15.5 Å². The second-order valence-electron chi connectivity index (χ2n) is 8.40. The molecule has 2 atom stereocenters. The second kappa shape index (κ2) is 8.41. The number of phenols is 1. The standard InChI is InChI=1S/C23H28N2O4/c26-21-18-9-5-4-8-16(18)10-11-19(21)22(27)24-17-12-20(23(28)29)25(14-17)13-15-6-2-1-3-7-15/h4-5,8-11,15,17,20,26H,1-3,6-7,12-14H2,(H,24,27)(H,28,29)/t17-,20+/m0/s1. The highest BCUT2D eigenvalue weighted by molar-refractivity contribution is 6.03. The Labute approximate surface area is 170 Å². The predicted molar refractivity (Wildman–Crippen MR) is 111 cm³/mol. The summed E-state index contributed by atoms with van der Waals surface area (Å²) in [7, 11) is 0. The zero-order valence-electron chi connectivity index (χ0n) is 16.5. The van der Waals surface area contributed by atoms with Crippen molar-refractivity contribution in [3.05, 3.63) is 42.0 Å². The van der Waals surface area contributed by atoms with E-state index in [4.69, 9.17) is 0 Å². The molecule has 0 bridgehead atoms. The van der Waals surface area contributed by atoms with Crippen LogP contribution in [0, 0.1) is 5.92 Å². The van der Waals surface area contributed by atoms with E-state index in [1.807, 2.05) is 29.2 Å². The molecule has 3 N–H and O–H groups in total. The SMILES string of the molecule is O=C(N[C@H]1C[C@H](C(=O)O)N(CC2CCCCC2)C1)c1ccc2ccccc2c1O. The summed E-state index contributed by atoms with van der Waals surface area (Å²) in [6, 6.07) is 10.0. The van der Waals surface area contributed by atoms with Crippen molar-refractivity contribution in [2.75, 3.05) is 13.1 Å². The molecule has 6 heteroatoms. The molecule has 29 heavy (non-hydrogen) atoms. The number of likely N-dealkylation sites (tertiary alicyclic amines) is 1. The van der Waals surface area contributed by atoms with E-state index >= 15 is 0 Å². The Morgan fingerprint density at radius 1 is 1.07 bits per heavy atom. The quantitative estimate of drug-likeness (QED) is 0.721. The highest BCUT2D eigenvalue weighted by Gasteiger charge is 2.38. The summed E-state index contributed by atoms with van der Waals surface area (Å²) in [5.74, 6) is -0.676. The molecule has 1 aliphatic carbocycles. The minimum atomic E-state index is -0.828. The number of benzene rings is 2. The monoisotopic (exact) mass is 396 g/mol. The number of carbonyl (C=O) groups excluding carboxylic acids is 1. The van der Waals surface area contributed by atoms with Gasteiger partial charge in [0.2, 0.25) is 0 Å². The van der Waals surface area contributed by atoms with Crippen molar-refractivity contribution in [1.29, 1.82) is 0 Å². The Bertz CT molecular complexity index is 907. The van der Waals surface area contributed by atoms with Gasteiger partial charge in [-0.15, -0.1) is 0 Å². The molecule has 1 saturated heterocycles. The van der Waals surface area contributed by atoms with Crippen LogP contribution in [0.2, 0.25) is 0 Å². The van der Waals surface area contributed by atoms with Crippen LogP contribution in [0.3, 0.4) is 0 Å². The molecule has 1 amide bonds. The molecule has 0 spiro atoms. The molecule has 4 rings (SSSR count). The van der Waals surface area contributed by atoms with Crippen LogP contribution < -0.4 is 5.32 Å². The first kappa shape index (κ1) is 19.7. The average Bonchev–Trinajstić information content (AvgIpc) is 3.11. The summed E-state index contributed by atoms with van der Waals surface area (Å²) in [6.07, 6.45) is 6.42. The number of hydrogen-bond acceptors (Lipinski definition) is 4. The fourth-order valence-corrected chi connectivity index (χ4v) is 4.87. The number of nitrogens with one attached hydrogen (secondary N) is 1. The molecule has 154 valence electrons. The normalized spacial score (nSPS) is 23.3. The molecule has 1 aliphatic heterocycles. The van der Waals surface area contributed by atoms with Crippen LogP contribution in [0.4, 0.5) is 0 Å². The molecule has 6 nitrogen and oxygen atoms in total. The minimum absolute atomic E-state index is 0.0348. The molecule has 1 heterocycles. The third kappa shape index (κ3) is 4.22. The van der Waals surface area contributed by atoms with Gasteiger partial charge in [0.25, 0.3) is 5.91 Å². The van der Waals surface area contributed by atoms with E-state index in [0.29, 0.717) is 24.3 Å². The van der Waals surface area contributed by atoms with Gasteiger partial charge in [-0.1, -0.05) is 49.6 Å². The van der Waals surface area contributed by atoms with Gasteiger partial charge in [-0.25, -0.2) is 0 Å². The van der Waals surface area contributed by atoms with Gasteiger partial charge in [-0.05, 0) is 36.6 Å². The second-order valence-corrected chi connectivity index (χ2v) is 8.40. The van der Waals surface area contributed by atoms with Crippen molar-refractivity contribution in [3.8, 4) is 5.75 Å². The molecular formula is C23H28N2O4. The first-order valence-electron chi connectivity index (χ1n) is 10.5. The smallest absolute Gasteiger partial charge is 0.321 e. The number of rotatable bonds is 5. The highest BCUT2D eigenvalue weighted by atomic mass is 16.4. The summed E-state index contributed by atoms with van der Waals surface area (Å²) in [6.45, 7) is 1.32. The van der Waals surface area contributed by atoms with Gasteiger partial charge in [-0.3, -0.25) is 14.5 Å². The highest BCUT2D eigenvalue weighted by Crippen LogP contribution is 2.30. The summed E-state index contributed by atoms with van der Waals surface area (Å²) >= 11 is 0. The molecular weight excluding hydrogens is 368 g/mol. The maximum atomic E-state index is 12.8. The Morgan fingerprint density at radius 3 is 2.59 bits per heavy atom. The number of hydrogen-bond donors (Lipinski definition) is 3. The van der Waals surface area contributed by atoms with E-state index in [2.05, 4.69) is 5.32 Å². The predicted octanol–water partition coefficient (Wildman–Crippen LogP) is 3.38. The number of aromatic hydroxyl groups is 1. The van der Waals surface area contributed by atoms with Gasteiger partial charge in [0.15, 0.2) is 0 Å². The van der Waals surface area contributed by atoms with Gasteiger partial charge in [0.1, 0.15) is 11.8 Å². The Balaban J connectivity index is 1.45. The van der Waals surface area contributed by atoms with Crippen LogP contribution >= 0.6 is 0 Å². The third-order valence-electron chi connectivity index (χ3n) is 6.39. The molecule has 0 unspecified atom stereocenters. The lowest BCUT2D eigenvalue weighted by Crippen LogP contribution is -2.40. The molecule has 2 aromatic carbocycles. The summed E-state index contributed by atoms with van der Waals surface area (Å²) in [5.41, 5.74) is 0.223. The zero-order valence-corrected chi connectivity index (χ0v) is 16.5. The number of carbonyl (C=O) groups is 2. The van der Waals surface area contributed by atoms with Gasteiger partial charge in [0.05, 0.1) is 5.56 Å². The molecule has 0 radical (unpaired) electrons. The number of carboxylic acid groups (broad SMARTS) is 1. The number of carboxylic acids is 1. The topological polar surface area (TPSA) is 89.9 Å². The number of aliphatic carboxylic acids is 1. The maximum Gasteiger partial charge on any atom is 0.321 e. The largest absolute Gasteiger partial charge is 0.506 e. The lowest BCUT2D eigenvalue weighted by atomic mass is 9.89. The van der Waals surface area contributed by atoms with Gasteiger partial charge in [-0.2, -0.15) is 0 Å². The number of amides is 1. The van der Waals surface area contributed by atoms with Gasteiger partial charge >= 0.3 is 5.97 Å². The Hall–Kier alpha value is -2.60. The molecule has 2 aromatic rings. The van der Waals surface area contributed by atoms with Crippen LogP contribution in [0.15, 0.2) is 36.4 Å². The van der Waals surface area contributed by atoms with Crippen LogP contribution in [-0.2, 0) is 4.79 Å². The molecule has 0 aromatic heterocycles. The average molecular weight is 396 g/mol.